The topological polar surface area (TPSA) is 46.9 Å². The minimum Gasteiger partial charge on any atom is -0.348 e. The second kappa shape index (κ2) is 6.61. The largest absolute Gasteiger partial charge is 0.348 e. The van der Waals surface area contributed by atoms with Crippen LogP contribution in [-0.4, -0.2) is 15.5 Å². The number of amides is 1. The Morgan fingerprint density at radius 1 is 0.960 bits per heavy atom. The zero-order valence-corrected chi connectivity index (χ0v) is 13.6. The third-order valence-corrected chi connectivity index (χ3v) is 4.23. The van der Waals surface area contributed by atoms with Gasteiger partial charge in [-0.1, -0.05) is 48.5 Å². The molecule has 0 unspecified atom stereocenters. The summed E-state index contributed by atoms with van der Waals surface area (Å²) in [6.45, 7) is 0.492. The molecule has 0 spiro atoms. The molecule has 0 saturated carbocycles. The second-order valence-electron chi connectivity index (χ2n) is 5.85. The van der Waals surface area contributed by atoms with Crippen LogP contribution in [0.3, 0.4) is 0 Å². The maximum Gasteiger partial charge on any atom is 0.252 e. The molecule has 3 aromatic carbocycles. The lowest BCUT2D eigenvalue weighted by Gasteiger charge is -2.09. The van der Waals surface area contributed by atoms with Crippen LogP contribution in [0.1, 0.15) is 15.9 Å². The predicted octanol–water partition coefficient (Wildman–Crippen LogP) is 3.96. The van der Waals surface area contributed by atoms with Crippen LogP contribution in [0.2, 0.25) is 0 Å². The van der Waals surface area contributed by atoms with E-state index in [2.05, 4.69) is 10.3 Å². The number of nitrogens with one attached hydrogen (secondary N) is 1. The molecule has 122 valence electrons. The minimum atomic E-state index is -0.0597. The summed E-state index contributed by atoms with van der Waals surface area (Å²) >= 11 is 0. The molecule has 1 amide bonds. The Balaban J connectivity index is 1.48. The molecule has 0 aliphatic rings. The number of aromatic nitrogens is 2. The molecule has 25 heavy (non-hydrogen) atoms. The Morgan fingerprint density at radius 3 is 2.56 bits per heavy atom. The first kappa shape index (κ1) is 15.1. The molecule has 0 aliphatic heterocycles. The van der Waals surface area contributed by atoms with Gasteiger partial charge in [0.1, 0.15) is 0 Å². The van der Waals surface area contributed by atoms with E-state index in [4.69, 9.17) is 0 Å². The number of carbonyl (C=O) groups excluding carboxylic acids is 1. The molecule has 0 radical (unpaired) electrons. The molecule has 1 heterocycles. The lowest BCUT2D eigenvalue weighted by molar-refractivity contribution is 0.0952. The highest BCUT2D eigenvalue weighted by atomic mass is 16.1. The van der Waals surface area contributed by atoms with Gasteiger partial charge >= 0.3 is 0 Å². The van der Waals surface area contributed by atoms with Crippen LogP contribution in [0.4, 0.5) is 0 Å². The van der Waals surface area contributed by atoms with Gasteiger partial charge in [0.25, 0.3) is 5.91 Å². The summed E-state index contributed by atoms with van der Waals surface area (Å²) in [5.41, 5.74) is 2.80. The number of imidazole rings is 1. The Morgan fingerprint density at radius 2 is 1.76 bits per heavy atom. The van der Waals surface area contributed by atoms with E-state index >= 15 is 0 Å². The first-order valence-corrected chi connectivity index (χ1v) is 8.14. The summed E-state index contributed by atoms with van der Waals surface area (Å²) in [5, 5.41) is 5.04. The molecule has 1 aromatic heterocycles. The lowest BCUT2D eigenvalue weighted by Crippen LogP contribution is -2.23. The maximum absolute atomic E-state index is 12.6. The number of hydrogen-bond acceptors (Lipinski definition) is 2. The average molecular weight is 327 g/mol. The molecular weight excluding hydrogens is 310 g/mol. The van der Waals surface area contributed by atoms with Gasteiger partial charge in [-0.15, -0.1) is 0 Å². The van der Waals surface area contributed by atoms with Crippen LogP contribution in [0.25, 0.3) is 16.5 Å². The van der Waals surface area contributed by atoms with Crippen molar-refractivity contribution in [2.75, 3.05) is 0 Å². The highest BCUT2D eigenvalue weighted by molar-refractivity contribution is 6.06. The van der Waals surface area contributed by atoms with Crippen molar-refractivity contribution in [3.63, 3.8) is 0 Å². The van der Waals surface area contributed by atoms with Crippen molar-refractivity contribution in [1.29, 1.82) is 0 Å². The molecule has 4 rings (SSSR count). The lowest BCUT2D eigenvalue weighted by atomic mass is 10.0. The van der Waals surface area contributed by atoms with E-state index in [9.17, 15) is 4.79 Å². The molecule has 1 N–H and O–H groups in total. The van der Waals surface area contributed by atoms with Gasteiger partial charge in [-0.3, -0.25) is 4.79 Å². The number of nitrogens with zero attached hydrogens (tertiary/aromatic N) is 2. The fraction of sp³-hybridized carbons (Fsp3) is 0.0476. The zero-order valence-electron chi connectivity index (χ0n) is 13.6. The van der Waals surface area contributed by atoms with Crippen molar-refractivity contribution < 1.29 is 4.79 Å². The molecule has 0 aliphatic carbocycles. The van der Waals surface area contributed by atoms with Gasteiger partial charge in [0, 0.05) is 30.2 Å². The van der Waals surface area contributed by atoms with E-state index < -0.39 is 0 Å². The Labute approximate surface area is 145 Å². The number of benzene rings is 3. The highest BCUT2D eigenvalue weighted by Gasteiger charge is 2.09. The number of rotatable bonds is 4. The fourth-order valence-corrected chi connectivity index (χ4v) is 2.90. The average Bonchev–Trinajstić information content (AvgIpc) is 3.21. The molecule has 0 saturated heterocycles. The zero-order chi connectivity index (χ0) is 17.1. The van der Waals surface area contributed by atoms with Crippen LogP contribution in [0, 0.1) is 0 Å². The van der Waals surface area contributed by atoms with Crippen molar-refractivity contribution in [2.24, 2.45) is 0 Å². The molecule has 0 atom stereocenters. The van der Waals surface area contributed by atoms with Crippen LogP contribution in [0.5, 0.6) is 0 Å². The van der Waals surface area contributed by atoms with Crippen molar-refractivity contribution in [1.82, 2.24) is 14.9 Å². The first-order valence-electron chi connectivity index (χ1n) is 8.14. The summed E-state index contributed by atoms with van der Waals surface area (Å²) in [6, 6.07) is 21.8. The van der Waals surface area contributed by atoms with Crippen molar-refractivity contribution in [3.05, 3.63) is 96.6 Å². The first-order chi connectivity index (χ1) is 12.3. The molecule has 4 nitrogen and oxygen atoms in total. The summed E-state index contributed by atoms with van der Waals surface area (Å²) < 4.78 is 1.94. The van der Waals surface area contributed by atoms with Crippen LogP contribution in [0.15, 0.2) is 85.5 Å². The normalized spacial score (nSPS) is 10.7. The van der Waals surface area contributed by atoms with Crippen molar-refractivity contribution in [3.8, 4) is 5.69 Å². The fourth-order valence-electron chi connectivity index (χ4n) is 2.90. The van der Waals surface area contributed by atoms with Gasteiger partial charge in [-0.2, -0.15) is 0 Å². The summed E-state index contributed by atoms with van der Waals surface area (Å²) in [4.78, 5) is 16.6. The number of fused-ring (bicyclic) bond motifs is 1. The third-order valence-electron chi connectivity index (χ3n) is 4.23. The molecular formula is C21H17N3O. The van der Waals surface area contributed by atoms with E-state index in [1.807, 2.05) is 77.5 Å². The predicted molar refractivity (Wildman–Crippen MR) is 98.7 cm³/mol. The minimum absolute atomic E-state index is 0.0597. The van der Waals surface area contributed by atoms with E-state index in [1.54, 1.807) is 12.5 Å². The van der Waals surface area contributed by atoms with Crippen molar-refractivity contribution >= 4 is 16.7 Å². The SMILES string of the molecule is O=C(NCc1ccc(-n2ccnc2)cc1)c1cccc2ccccc12. The third kappa shape index (κ3) is 3.15. The van der Waals surface area contributed by atoms with Gasteiger partial charge in [0.15, 0.2) is 0 Å². The summed E-state index contributed by atoms with van der Waals surface area (Å²) in [6.07, 6.45) is 5.41. The molecule has 4 heteroatoms. The quantitative estimate of drug-likeness (QED) is 0.617. The summed E-state index contributed by atoms with van der Waals surface area (Å²) in [5.74, 6) is -0.0597. The van der Waals surface area contributed by atoms with Crippen LogP contribution >= 0.6 is 0 Å². The smallest absolute Gasteiger partial charge is 0.252 e. The van der Waals surface area contributed by atoms with Gasteiger partial charge in [-0.25, -0.2) is 4.98 Å². The Hall–Kier alpha value is -3.40. The van der Waals surface area contributed by atoms with Gasteiger partial charge in [0.2, 0.25) is 0 Å². The van der Waals surface area contributed by atoms with E-state index in [0.717, 1.165) is 22.0 Å². The maximum atomic E-state index is 12.6. The van der Waals surface area contributed by atoms with Crippen LogP contribution in [-0.2, 0) is 6.54 Å². The van der Waals surface area contributed by atoms with Crippen molar-refractivity contribution in [2.45, 2.75) is 6.54 Å². The molecule has 0 bridgehead atoms. The van der Waals surface area contributed by atoms with Gasteiger partial charge < -0.3 is 9.88 Å². The number of hydrogen-bond donors (Lipinski definition) is 1. The molecule has 4 aromatic rings. The molecule has 0 fully saturated rings. The standard InChI is InChI=1S/C21H17N3O/c25-21(20-7-3-5-17-4-1-2-6-19(17)20)23-14-16-8-10-18(11-9-16)24-13-12-22-15-24/h1-13,15H,14H2,(H,23,25). The Bertz CT molecular complexity index is 1000. The van der Waals surface area contributed by atoms with Gasteiger partial charge in [0.05, 0.1) is 6.33 Å². The van der Waals surface area contributed by atoms with E-state index in [-0.39, 0.29) is 5.91 Å². The van der Waals surface area contributed by atoms with E-state index in [1.165, 1.54) is 0 Å². The van der Waals surface area contributed by atoms with Crippen LogP contribution < -0.4 is 5.32 Å². The second-order valence-corrected chi connectivity index (χ2v) is 5.85. The number of carbonyl (C=O) groups is 1. The Kier molecular flexibility index (Phi) is 4.01. The summed E-state index contributed by atoms with van der Waals surface area (Å²) in [7, 11) is 0. The highest BCUT2D eigenvalue weighted by Crippen LogP contribution is 2.18. The van der Waals surface area contributed by atoms with E-state index in [0.29, 0.717) is 12.1 Å². The monoisotopic (exact) mass is 327 g/mol. The van der Waals surface area contributed by atoms with Gasteiger partial charge in [-0.05, 0) is 34.5 Å².